The molecule has 0 aliphatic heterocycles. The molecule has 1 aromatic heterocycles. The summed E-state index contributed by atoms with van der Waals surface area (Å²) in [6.07, 6.45) is 4.21. The Morgan fingerprint density at radius 2 is 2.16 bits per heavy atom. The third kappa shape index (κ3) is 5.59. The summed E-state index contributed by atoms with van der Waals surface area (Å²) < 4.78 is 5.13. The van der Waals surface area contributed by atoms with Crippen molar-refractivity contribution < 1.29 is 9.53 Å². The first-order chi connectivity index (χ1) is 8.81. The van der Waals surface area contributed by atoms with Crippen LogP contribution in [0.2, 0.25) is 0 Å². The fourth-order valence-corrected chi connectivity index (χ4v) is 1.49. The molecule has 19 heavy (non-hydrogen) atoms. The third-order valence-electron chi connectivity index (χ3n) is 2.35. The Morgan fingerprint density at radius 3 is 2.68 bits per heavy atom. The number of alkyl carbamates (subject to hydrolysis) is 1. The second kappa shape index (κ2) is 6.41. The smallest absolute Gasteiger partial charge is 0.407 e. The van der Waals surface area contributed by atoms with Crippen molar-refractivity contribution in [2.75, 3.05) is 6.54 Å². The van der Waals surface area contributed by atoms with E-state index in [1.807, 2.05) is 39.8 Å². The molecule has 5 heteroatoms. The molecule has 106 valence electrons. The van der Waals surface area contributed by atoms with Gasteiger partial charge in [0.1, 0.15) is 11.4 Å². The molecule has 0 aromatic carbocycles. The van der Waals surface area contributed by atoms with Crippen LogP contribution in [0.5, 0.6) is 0 Å². The van der Waals surface area contributed by atoms with E-state index in [-0.39, 0.29) is 0 Å². The van der Waals surface area contributed by atoms with Crippen molar-refractivity contribution in [2.24, 2.45) is 0 Å². The highest BCUT2D eigenvalue weighted by atomic mass is 16.6. The van der Waals surface area contributed by atoms with E-state index in [1.165, 1.54) is 0 Å². The van der Waals surface area contributed by atoms with Gasteiger partial charge in [-0.05, 0) is 33.8 Å². The van der Waals surface area contributed by atoms with Gasteiger partial charge in [0.2, 0.25) is 0 Å². The van der Waals surface area contributed by atoms with E-state index >= 15 is 0 Å². The van der Waals surface area contributed by atoms with E-state index in [4.69, 9.17) is 4.74 Å². The zero-order valence-corrected chi connectivity index (χ0v) is 12.3. The number of imidazole rings is 1. The van der Waals surface area contributed by atoms with Crippen molar-refractivity contribution in [3.05, 3.63) is 23.3 Å². The number of hydrogen-bond acceptors (Lipinski definition) is 3. The number of aromatic nitrogens is 2. The lowest BCUT2D eigenvalue weighted by molar-refractivity contribution is 0.0534. The second-order valence-corrected chi connectivity index (χ2v) is 5.33. The molecule has 0 fully saturated rings. The lowest BCUT2D eigenvalue weighted by Crippen LogP contribution is -2.32. The summed E-state index contributed by atoms with van der Waals surface area (Å²) in [6.45, 7) is 9.96. The Balaban J connectivity index is 2.42. The summed E-state index contributed by atoms with van der Waals surface area (Å²) in [5, 5.41) is 2.66. The molecule has 0 atom stereocenters. The van der Waals surface area contributed by atoms with Gasteiger partial charge in [0, 0.05) is 18.7 Å². The first-order valence-electron chi connectivity index (χ1n) is 6.50. The molecule has 1 aromatic rings. The number of H-pyrrole nitrogens is 1. The van der Waals surface area contributed by atoms with Crippen LogP contribution in [0.15, 0.2) is 6.08 Å². The van der Waals surface area contributed by atoms with E-state index < -0.39 is 11.7 Å². The van der Waals surface area contributed by atoms with E-state index in [0.29, 0.717) is 6.54 Å². The van der Waals surface area contributed by atoms with Gasteiger partial charge in [0.25, 0.3) is 0 Å². The molecule has 1 rings (SSSR count). The quantitative estimate of drug-likeness (QED) is 0.879. The number of amides is 1. The van der Waals surface area contributed by atoms with Crippen molar-refractivity contribution in [2.45, 2.75) is 46.6 Å². The Bertz CT molecular complexity index is 456. The number of ether oxygens (including phenoxy) is 1. The maximum Gasteiger partial charge on any atom is 0.407 e. The molecule has 0 radical (unpaired) electrons. The Labute approximate surface area is 114 Å². The predicted octanol–water partition coefficient (Wildman–Crippen LogP) is 2.82. The molecule has 0 unspecified atom stereocenters. The monoisotopic (exact) mass is 265 g/mol. The number of nitrogens with one attached hydrogen (secondary N) is 2. The Hall–Kier alpha value is -1.78. The average Bonchev–Trinajstić information content (AvgIpc) is 2.63. The average molecular weight is 265 g/mol. The van der Waals surface area contributed by atoms with Crippen molar-refractivity contribution in [1.29, 1.82) is 0 Å². The summed E-state index contributed by atoms with van der Waals surface area (Å²) >= 11 is 0. The van der Waals surface area contributed by atoms with Crippen LogP contribution in [0.25, 0.3) is 6.08 Å². The minimum absolute atomic E-state index is 0.412. The zero-order valence-electron chi connectivity index (χ0n) is 12.3. The number of carbonyl (C=O) groups excluding carboxylic acids is 1. The van der Waals surface area contributed by atoms with Crippen molar-refractivity contribution in [3.63, 3.8) is 0 Å². The van der Waals surface area contributed by atoms with Gasteiger partial charge in [-0.1, -0.05) is 13.0 Å². The van der Waals surface area contributed by atoms with Crippen LogP contribution in [0.3, 0.4) is 0 Å². The van der Waals surface area contributed by atoms with Crippen molar-refractivity contribution in [1.82, 2.24) is 15.3 Å². The Morgan fingerprint density at radius 1 is 1.47 bits per heavy atom. The zero-order chi connectivity index (χ0) is 14.5. The molecule has 0 aliphatic rings. The number of rotatable bonds is 4. The van der Waals surface area contributed by atoms with Crippen LogP contribution < -0.4 is 5.32 Å². The molecule has 0 saturated carbocycles. The first-order valence-corrected chi connectivity index (χ1v) is 6.50. The topological polar surface area (TPSA) is 67.0 Å². The molecular formula is C14H23N3O2. The highest BCUT2D eigenvalue weighted by Gasteiger charge is 2.14. The minimum Gasteiger partial charge on any atom is -0.444 e. The predicted molar refractivity (Wildman–Crippen MR) is 76.0 cm³/mol. The number of aryl methyl sites for hydroxylation is 2. The van der Waals surface area contributed by atoms with E-state index in [9.17, 15) is 4.79 Å². The lowest BCUT2D eigenvalue weighted by Gasteiger charge is -2.19. The van der Waals surface area contributed by atoms with E-state index in [2.05, 4.69) is 22.2 Å². The first kappa shape index (κ1) is 15.3. The van der Waals surface area contributed by atoms with E-state index in [1.54, 1.807) is 0 Å². The van der Waals surface area contributed by atoms with Crippen LogP contribution in [0.4, 0.5) is 4.79 Å². The molecular weight excluding hydrogens is 242 g/mol. The van der Waals surface area contributed by atoms with Gasteiger partial charge in [0.05, 0.1) is 5.69 Å². The molecule has 1 heterocycles. The molecule has 1 amide bonds. The SMILES string of the molecule is CCc1nc(C=CCNC(=O)OC(C)(C)C)c(C)[nH]1. The van der Waals surface area contributed by atoms with Crippen molar-refractivity contribution in [3.8, 4) is 0 Å². The van der Waals surface area contributed by atoms with Gasteiger partial charge < -0.3 is 15.0 Å². The molecule has 0 bridgehead atoms. The Kier molecular flexibility index (Phi) is 5.15. The van der Waals surface area contributed by atoms with Gasteiger partial charge in [0.15, 0.2) is 0 Å². The van der Waals surface area contributed by atoms with Gasteiger partial charge in [-0.25, -0.2) is 9.78 Å². The molecule has 2 N–H and O–H groups in total. The standard InChI is InChI=1S/C14H23N3O2/c1-6-12-16-10(2)11(17-12)8-7-9-15-13(18)19-14(3,4)5/h7-8H,6,9H2,1-5H3,(H,15,18)(H,16,17). The number of nitrogens with zero attached hydrogens (tertiary/aromatic N) is 1. The molecule has 5 nitrogen and oxygen atoms in total. The van der Waals surface area contributed by atoms with Gasteiger partial charge in [-0.3, -0.25) is 0 Å². The van der Waals surface area contributed by atoms with Crippen LogP contribution in [0, 0.1) is 6.92 Å². The van der Waals surface area contributed by atoms with Crippen LogP contribution in [0.1, 0.15) is 44.9 Å². The third-order valence-corrected chi connectivity index (χ3v) is 2.35. The largest absolute Gasteiger partial charge is 0.444 e. The maximum atomic E-state index is 11.4. The van der Waals surface area contributed by atoms with Gasteiger partial charge in [-0.2, -0.15) is 0 Å². The maximum absolute atomic E-state index is 11.4. The van der Waals surface area contributed by atoms with E-state index in [0.717, 1.165) is 23.6 Å². The fraction of sp³-hybridized carbons (Fsp3) is 0.571. The number of carbonyl (C=O) groups is 1. The fourth-order valence-electron chi connectivity index (χ4n) is 1.49. The highest BCUT2D eigenvalue weighted by Crippen LogP contribution is 2.08. The summed E-state index contributed by atoms with van der Waals surface area (Å²) in [7, 11) is 0. The van der Waals surface area contributed by atoms with Gasteiger partial charge in [-0.15, -0.1) is 0 Å². The van der Waals surface area contributed by atoms with Crippen LogP contribution >= 0.6 is 0 Å². The number of hydrogen-bond donors (Lipinski definition) is 2. The lowest BCUT2D eigenvalue weighted by atomic mass is 10.2. The highest BCUT2D eigenvalue weighted by molar-refractivity contribution is 5.68. The second-order valence-electron chi connectivity index (χ2n) is 5.33. The normalized spacial score (nSPS) is 11.8. The van der Waals surface area contributed by atoms with Crippen molar-refractivity contribution >= 4 is 12.2 Å². The number of aromatic amines is 1. The summed E-state index contributed by atoms with van der Waals surface area (Å²) in [5.74, 6) is 0.970. The molecule has 0 spiro atoms. The van der Waals surface area contributed by atoms with Crippen LogP contribution in [-0.4, -0.2) is 28.2 Å². The summed E-state index contributed by atoms with van der Waals surface area (Å²) in [6, 6.07) is 0. The van der Waals surface area contributed by atoms with Gasteiger partial charge >= 0.3 is 6.09 Å². The molecule has 0 aliphatic carbocycles. The summed E-state index contributed by atoms with van der Waals surface area (Å²) in [4.78, 5) is 19.0. The van der Waals surface area contributed by atoms with Crippen LogP contribution in [-0.2, 0) is 11.2 Å². The minimum atomic E-state index is -0.470. The molecule has 0 saturated heterocycles. The summed E-state index contributed by atoms with van der Waals surface area (Å²) in [5.41, 5.74) is 1.47.